The summed E-state index contributed by atoms with van der Waals surface area (Å²) in [4.78, 5) is 15.1. The number of rotatable bonds is 4. The number of pyridine rings is 1. The van der Waals surface area contributed by atoms with Crippen LogP contribution >= 0.6 is 11.3 Å². The average molecular weight is 288 g/mol. The van der Waals surface area contributed by atoms with Gasteiger partial charge in [-0.1, -0.05) is 6.07 Å². The lowest BCUT2D eigenvalue weighted by atomic mass is 10.2. The average Bonchev–Trinajstić information content (AvgIpc) is 2.92. The Morgan fingerprint density at radius 3 is 2.65 bits per heavy atom. The summed E-state index contributed by atoms with van der Waals surface area (Å²) in [7, 11) is 0. The molecule has 1 fully saturated rings. The third-order valence-electron chi connectivity index (χ3n) is 3.85. The van der Waals surface area contributed by atoms with Crippen LogP contribution in [-0.2, 0) is 6.42 Å². The molecule has 0 radical (unpaired) electrons. The SMILES string of the molecule is Cc1ncsc1CCN1CCN(c2ccccn2)CC1. The molecule has 0 unspecified atom stereocenters. The summed E-state index contributed by atoms with van der Waals surface area (Å²) in [6, 6.07) is 6.12. The molecule has 2 aromatic heterocycles. The molecular weight excluding hydrogens is 268 g/mol. The van der Waals surface area contributed by atoms with Gasteiger partial charge in [0.15, 0.2) is 0 Å². The second-order valence-corrected chi connectivity index (χ2v) is 6.07. The van der Waals surface area contributed by atoms with Crippen molar-refractivity contribution in [3.63, 3.8) is 0 Å². The van der Waals surface area contributed by atoms with Gasteiger partial charge >= 0.3 is 0 Å². The van der Waals surface area contributed by atoms with Gasteiger partial charge in [-0.25, -0.2) is 9.97 Å². The van der Waals surface area contributed by atoms with E-state index in [4.69, 9.17) is 0 Å². The first-order chi connectivity index (χ1) is 9.83. The fraction of sp³-hybridized carbons (Fsp3) is 0.467. The molecule has 20 heavy (non-hydrogen) atoms. The minimum atomic E-state index is 1.07. The fourth-order valence-corrected chi connectivity index (χ4v) is 3.34. The smallest absolute Gasteiger partial charge is 0.128 e. The van der Waals surface area contributed by atoms with Crippen LogP contribution in [-0.4, -0.2) is 47.6 Å². The van der Waals surface area contributed by atoms with E-state index < -0.39 is 0 Å². The Hall–Kier alpha value is -1.46. The fourth-order valence-electron chi connectivity index (χ4n) is 2.57. The van der Waals surface area contributed by atoms with Crippen molar-refractivity contribution in [1.29, 1.82) is 0 Å². The maximum atomic E-state index is 4.43. The number of aryl methyl sites for hydroxylation is 1. The van der Waals surface area contributed by atoms with Crippen molar-refractivity contribution in [1.82, 2.24) is 14.9 Å². The van der Waals surface area contributed by atoms with E-state index in [1.807, 2.05) is 17.8 Å². The van der Waals surface area contributed by atoms with E-state index in [1.165, 1.54) is 10.6 Å². The zero-order valence-corrected chi connectivity index (χ0v) is 12.6. The molecule has 0 amide bonds. The molecule has 2 aromatic rings. The van der Waals surface area contributed by atoms with Gasteiger partial charge in [-0.2, -0.15) is 0 Å². The quantitative estimate of drug-likeness (QED) is 0.863. The summed E-state index contributed by atoms with van der Waals surface area (Å²) in [5.41, 5.74) is 3.14. The van der Waals surface area contributed by atoms with E-state index >= 15 is 0 Å². The lowest BCUT2D eigenvalue weighted by Gasteiger charge is -2.35. The number of nitrogens with zero attached hydrogens (tertiary/aromatic N) is 4. The van der Waals surface area contributed by atoms with Crippen LogP contribution < -0.4 is 4.90 Å². The Labute approximate surface area is 124 Å². The molecule has 3 heterocycles. The van der Waals surface area contributed by atoms with Crippen molar-refractivity contribution < 1.29 is 0 Å². The Morgan fingerprint density at radius 2 is 2.00 bits per heavy atom. The summed E-state index contributed by atoms with van der Waals surface area (Å²) in [5.74, 6) is 1.10. The van der Waals surface area contributed by atoms with Crippen LogP contribution in [0.2, 0.25) is 0 Å². The van der Waals surface area contributed by atoms with Gasteiger partial charge in [0.1, 0.15) is 5.82 Å². The molecule has 4 nitrogen and oxygen atoms in total. The monoisotopic (exact) mass is 288 g/mol. The Morgan fingerprint density at radius 1 is 1.15 bits per heavy atom. The van der Waals surface area contributed by atoms with Crippen molar-refractivity contribution in [2.45, 2.75) is 13.3 Å². The van der Waals surface area contributed by atoms with Crippen LogP contribution in [0.15, 0.2) is 29.9 Å². The molecule has 0 saturated carbocycles. The first kappa shape index (κ1) is 13.5. The van der Waals surface area contributed by atoms with Crippen LogP contribution in [0.1, 0.15) is 10.6 Å². The Bertz CT molecular complexity index is 532. The maximum absolute atomic E-state index is 4.43. The Kier molecular flexibility index (Phi) is 4.28. The van der Waals surface area contributed by atoms with Gasteiger partial charge in [-0.05, 0) is 25.5 Å². The normalized spacial score (nSPS) is 16.6. The number of hydrogen-bond donors (Lipinski definition) is 0. The van der Waals surface area contributed by atoms with Crippen LogP contribution in [0.25, 0.3) is 0 Å². The summed E-state index contributed by atoms with van der Waals surface area (Å²) < 4.78 is 0. The number of thiazole rings is 1. The van der Waals surface area contributed by atoms with Gasteiger partial charge in [-0.15, -0.1) is 11.3 Å². The molecule has 3 rings (SSSR count). The Balaban J connectivity index is 1.48. The second-order valence-electron chi connectivity index (χ2n) is 5.13. The molecule has 0 spiro atoms. The summed E-state index contributed by atoms with van der Waals surface area (Å²) in [6.07, 6.45) is 2.99. The highest BCUT2D eigenvalue weighted by Gasteiger charge is 2.17. The van der Waals surface area contributed by atoms with Gasteiger partial charge in [0, 0.05) is 43.8 Å². The second kappa shape index (κ2) is 6.33. The van der Waals surface area contributed by atoms with Crippen molar-refractivity contribution in [2.24, 2.45) is 0 Å². The summed E-state index contributed by atoms with van der Waals surface area (Å²) >= 11 is 1.78. The first-order valence-corrected chi connectivity index (χ1v) is 7.98. The van der Waals surface area contributed by atoms with Crippen LogP contribution in [0.3, 0.4) is 0 Å². The topological polar surface area (TPSA) is 32.3 Å². The molecule has 106 valence electrons. The number of anilines is 1. The third kappa shape index (κ3) is 3.16. The lowest BCUT2D eigenvalue weighted by Crippen LogP contribution is -2.47. The van der Waals surface area contributed by atoms with Gasteiger partial charge in [-0.3, -0.25) is 4.90 Å². The molecule has 0 aliphatic carbocycles. The zero-order valence-electron chi connectivity index (χ0n) is 11.8. The number of piperazine rings is 1. The van der Waals surface area contributed by atoms with E-state index in [0.717, 1.165) is 45.0 Å². The van der Waals surface area contributed by atoms with Crippen molar-refractivity contribution >= 4 is 17.2 Å². The molecule has 1 saturated heterocycles. The highest BCUT2D eigenvalue weighted by atomic mass is 32.1. The summed E-state index contributed by atoms with van der Waals surface area (Å²) in [6.45, 7) is 7.62. The molecule has 0 bridgehead atoms. The van der Waals surface area contributed by atoms with E-state index in [0.29, 0.717) is 0 Å². The van der Waals surface area contributed by atoms with E-state index in [9.17, 15) is 0 Å². The molecule has 1 aliphatic heterocycles. The van der Waals surface area contributed by atoms with Gasteiger partial charge in [0.25, 0.3) is 0 Å². The highest BCUT2D eigenvalue weighted by molar-refractivity contribution is 7.09. The van der Waals surface area contributed by atoms with Crippen molar-refractivity contribution in [2.75, 3.05) is 37.6 Å². The zero-order chi connectivity index (χ0) is 13.8. The predicted molar refractivity (Wildman–Crippen MR) is 83.4 cm³/mol. The standard InChI is InChI=1S/C15H20N4S/c1-13-14(20-12-17-13)5-7-18-8-10-19(11-9-18)15-4-2-3-6-16-15/h2-4,6,12H,5,7-11H2,1H3. The highest BCUT2D eigenvalue weighted by Crippen LogP contribution is 2.15. The molecule has 0 N–H and O–H groups in total. The van der Waals surface area contributed by atoms with E-state index in [1.54, 1.807) is 11.3 Å². The number of hydrogen-bond acceptors (Lipinski definition) is 5. The van der Waals surface area contributed by atoms with Gasteiger partial charge < -0.3 is 4.90 Å². The predicted octanol–water partition coefficient (Wildman–Crippen LogP) is 2.21. The minimum Gasteiger partial charge on any atom is -0.354 e. The third-order valence-corrected chi connectivity index (χ3v) is 4.84. The summed E-state index contributed by atoms with van der Waals surface area (Å²) in [5, 5.41) is 0. The molecule has 0 aromatic carbocycles. The largest absolute Gasteiger partial charge is 0.354 e. The first-order valence-electron chi connectivity index (χ1n) is 7.10. The van der Waals surface area contributed by atoms with Crippen LogP contribution in [0, 0.1) is 6.92 Å². The van der Waals surface area contributed by atoms with Gasteiger partial charge in [0.05, 0.1) is 11.2 Å². The van der Waals surface area contributed by atoms with Crippen LogP contribution in [0.5, 0.6) is 0 Å². The van der Waals surface area contributed by atoms with Crippen LogP contribution in [0.4, 0.5) is 5.82 Å². The molecule has 0 atom stereocenters. The van der Waals surface area contributed by atoms with Crippen molar-refractivity contribution in [3.05, 3.63) is 40.5 Å². The minimum absolute atomic E-state index is 1.07. The molecule has 1 aliphatic rings. The molecule has 5 heteroatoms. The molecular formula is C15H20N4S. The van der Waals surface area contributed by atoms with E-state index in [-0.39, 0.29) is 0 Å². The van der Waals surface area contributed by atoms with Gasteiger partial charge in [0.2, 0.25) is 0 Å². The van der Waals surface area contributed by atoms with E-state index in [2.05, 4.69) is 38.8 Å². The number of aromatic nitrogens is 2. The van der Waals surface area contributed by atoms with Crippen molar-refractivity contribution in [3.8, 4) is 0 Å². The maximum Gasteiger partial charge on any atom is 0.128 e. The lowest BCUT2D eigenvalue weighted by molar-refractivity contribution is 0.261.